The summed E-state index contributed by atoms with van der Waals surface area (Å²) in [4.78, 5) is 27.9. The van der Waals surface area contributed by atoms with Gasteiger partial charge in [0.05, 0.1) is 25.5 Å². The zero-order valence-corrected chi connectivity index (χ0v) is 17.1. The molecule has 1 N–H and O–H groups in total. The lowest BCUT2D eigenvalue weighted by Gasteiger charge is -2.15. The summed E-state index contributed by atoms with van der Waals surface area (Å²) in [6, 6.07) is 16.4. The van der Waals surface area contributed by atoms with Crippen LogP contribution in [0.1, 0.15) is 22.5 Å². The van der Waals surface area contributed by atoms with Gasteiger partial charge >= 0.3 is 0 Å². The molecule has 1 aliphatic heterocycles. The van der Waals surface area contributed by atoms with E-state index in [0.717, 1.165) is 16.8 Å². The fourth-order valence-corrected chi connectivity index (χ4v) is 3.52. The Morgan fingerprint density at radius 2 is 1.77 bits per heavy atom. The average Bonchev–Trinajstić information content (AvgIpc) is 3.34. The van der Waals surface area contributed by atoms with Crippen molar-refractivity contribution in [2.75, 3.05) is 12.4 Å². The monoisotopic (exact) mass is 402 g/mol. The van der Waals surface area contributed by atoms with E-state index in [1.807, 2.05) is 44.2 Å². The van der Waals surface area contributed by atoms with Crippen molar-refractivity contribution in [3.63, 3.8) is 0 Å². The van der Waals surface area contributed by atoms with Crippen LogP contribution >= 0.6 is 0 Å². The maximum atomic E-state index is 13.4. The van der Waals surface area contributed by atoms with Crippen LogP contribution in [0.15, 0.2) is 71.0 Å². The number of furan rings is 1. The lowest BCUT2D eigenvalue weighted by atomic mass is 10.0. The quantitative estimate of drug-likeness (QED) is 0.623. The number of ether oxygens (including phenoxy) is 1. The van der Waals surface area contributed by atoms with Gasteiger partial charge in [-0.1, -0.05) is 30.3 Å². The van der Waals surface area contributed by atoms with Crippen molar-refractivity contribution in [3.8, 4) is 5.75 Å². The molecule has 0 unspecified atom stereocenters. The summed E-state index contributed by atoms with van der Waals surface area (Å²) >= 11 is 0. The van der Waals surface area contributed by atoms with Gasteiger partial charge in [-0.15, -0.1) is 0 Å². The molecule has 0 saturated heterocycles. The summed E-state index contributed by atoms with van der Waals surface area (Å²) in [5.74, 6) is 0.254. The van der Waals surface area contributed by atoms with Crippen molar-refractivity contribution in [2.45, 2.75) is 20.4 Å². The highest BCUT2D eigenvalue weighted by Crippen LogP contribution is 2.36. The van der Waals surface area contributed by atoms with E-state index in [1.54, 1.807) is 31.4 Å². The van der Waals surface area contributed by atoms with Gasteiger partial charge in [0.1, 0.15) is 17.2 Å². The summed E-state index contributed by atoms with van der Waals surface area (Å²) in [5, 5.41) is 3.22. The highest BCUT2D eigenvalue weighted by molar-refractivity contribution is 6.37. The number of hydrogen-bond acceptors (Lipinski definition) is 5. The number of carbonyl (C=O) groups is 2. The molecule has 30 heavy (non-hydrogen) atoms. The Kier molecular flexibility index (Phi) is 5.14. The van der Waals surface area contributed by atoms with Gasteiger partial charge in [0.2, 0.25) is 0 Å². The van der Waals surface area contributed by atoms with E-state index in [4.69, 9.17) is 9.15 Å². The van der Waals surface area contributed by atoms with E-state index >= 15 is 0 Å². The lowest BCUT2D eigenvalue weighted by Crippen LogP contribution is -2.31. The number of amides is 2. The third-order valence-corrected chi connectivity index (χ3v) is 5.30. The Morgan fingerprint density at radius 1 is 0.967 bits per heavy atom. The third-order valence-electron chi connectivity index (χ3n) is 5.30. The number of carbonyl (C=O) groups excluding carboxylic acids is 2. The molecule has 0 radical (unpaired) electrons. The molecule has 1 aromatic heterocycles. The van der Waals surface area contributed by atoms with Crippen LogP contribution in [-0.2, 0) is 16.1 Å². The summed E-state index contributed by atoms with van der Waals surface area (Å²) in [7, 11) is 1.54. The maximum Gasteiger partial charge on any atom is 0.278 e. The number of para-hydroxylation sites is 1. The Balaban J connectivity index is 1.82. The van der Waals surface area contributed by atoms with E-state index in [9.17, 15) is 9.59 Å². The SMILES string of the molecule is COc1ccccc1C1=C(Nc2cccc(C)c2C)C(=O)N(Cc2ccco2)C1=O. The van der Waals surface area contributed by atoms with E-state index in [1.165, 1.54) is 11.2 Å². The van der Waals surface area contributed by atoms with Gasteiger partial charge in [0.15, 0.2) is 0 Å². The maximum absolute atomic E-state index is 13.4. The molecule has 0 fully saturated rings. The van der Waals surface area contributed by atoms with E-state index < -0.39 is 11.8 Å². The van der Waals surface area contributed by atoms with E-state index in [0.29, 0.717) is 17.1 Å². The summed E-state index contributed by atoms with van der Waals surface area (Å²) in [6.07, 6.45) is 1.52. The van der Waals surface area contributed by atoms with Crippen LogP contribution in [0.4, 0.5) is 5.69 Å². The molecule has 6 heteroatoms. The Labute approximate surface area is 174 Å². The number of methoxy groups -OCH3 is 1. The van der Waals surface area contributed by atoms with E-state index in [-0.39, 0.29) is 17.8 Å². The zero-order chi connectivity index (χ0) is 21.3. The fourth-order valence-electron chi connectivity index (χ4n) is 3.52. The first kappa shape index (κ1) is 19.5. The molecule has 1 aliphatic rings. The zero-order valence-electron chi connectivity index (χ0n) is 17.1. The number of aryl methyl sites for hydroxylation is 1. The standard InChI is InChI=1S/C24H22N2O4/c1-15-8-6-11-19(16(15)2)25-22-21(18-10-4-5-12-20(18)29-3)23(27)26(24(22)28)14-17-9-7-13-30-17/h4-13,25H,14H2,1-3H3. The molecule has 6 nitrogen and oxygen atoms in total. The Morgan fingerprint density at radius 3 is 2.50 bits per heavy atom. The fraction of sp³-hybridized carbons (Fsp3) is 0.167. The number of imide groups is 1. The second-order valence-corrected chi connectivity index (χ2v) is 7.10. The molecule has 152 valence electrons. The van der Waals surface area contributed by atoms with Crippen molar-refractivity contribution >= 4 is 23.1 Å². The van der Waals surface area contributed by atoms with Crippen molar-refractivity contribution < 1.29 is 18.7 Å². The molecule has 0 saturated carbocycles. The molecule has 0 aliphatic carbocycles. The van der Waals surface area contributed by atoms with Gasteiger partial charge < -0.3 is 14.5 Å². The van der Waals surface area contributed by atoms with E-state index in [2.05, 4.69) is 5.32 Å². The highest BCUT2D eigenvalue weighted by atomic mass is 16.5. The van der Waals surface area contributed by atoms with Crippen LogP contribution in [0.3, 0.4) is 0 Å². The average molecular weight is 402 g/mol. The summed E-state index contributed by atoms with van der Waals surface area (Å²) in [5.41, 5.74) is 3.94. The molecule has 0 bridgehead atoms. The molecular weight excluding hydrogens is 380 g/mol. The molecule has 3 aromatic rings. The minimum atomic E-state index is -0.404. The molecular formula is C24H22N2O4. The summed E-state index contributed by atoms with van der Waals surface area (Å²) in [6.45, 7) is 4.03. The second-order valence-electron chi connectivity index (χ2n) is 7.10. The van der Waals surface area contributed by atoms with Gasteiger partial charge in [0, 0.05) is 11.3 Å². The molecule has 2 heterocycles. The molecule has 4 rings (SSSR count). The molecule has 2 aromatic carbocycles. The van der Waals surface area contributed by atoms with Crippen LogP contribution in [0.5, 0.6) is 5.75 Å². The largest absolute Gasteiger partial charge is 0.496 e. The van der Waals surface area contributed by atoms with Gasteiger partial charge in [-0.2, -0.15) is 0 Å². The van der Waals surface area contributed by atoms with Gasteiger partial charge in [0.25, 0.3) is 11.8 Å². The minimum absolute atomic E-state index is 0.0568. The minimum Gasteiger partial charge on any atom is -0.496 e. The van der Waals surface area contributed by atoms with Gasteiger partial charge in [-0.05, 0) is 49.2 Å². The van der Waals surface area contributed by atoms with Crippen molar-refractivity contribution in [1.29, 1.82) is 0 Å². The first-order valence-corrected chi connectivity index (χ1v) is 9.60. The van der Waals surface area contributed by atoms with Crippen LogP contribution in [0.25, 0.3) is 5.57 Å². The second kappa shape index (κ2) is 7.91. The highest BCUT2D eigenvalue weighted by Gasteiger charge is 2.40. The number of rotatable bonds is 6. The summed E-state index contributed by atoms with van der Waals surface area (Å²) < 4.78 is 10.8. The lowest BCUT2D eigenvalue weighted by molar-refractivity contribution is -0.137. The van der Waals surface area contributed by atoms with Gasteiger partial charge in [-0.3, -0.25) is 14.5 Å². The normalized spacial score (nSPS) is 13.9. The number of nitrogens with zero attached hydrogens (tertiary/aromatic N) is 1. The molecule has 0 atom stereocenters. The van der Waals surface area contributed by atoms with Crippen LogP contribution in [0, 0.1) is 13.8 Å². The Bertz CT molecular complexity index is 1150. The number of nitrogens with one attached hydrogen (secondary N) is 1. The van der Waals surface area contributed by atoms with Crippen LogP contribution < -0.4 is 10.1 Å². The topological polar surface area (TPSA) is 71.8 Å². The third kappa shape index (κ3) is 3.37. The Hall–Kier alpha value is -3.80. The van der Waals surface area contributed by atoms with Crippen molar-refractivity contribution in [3.05, 3.63) is 89.0 Å². The van der Waals surface area contributed by atoms with Crippen LogP contribution in [-0.4, -0.2) is 23.8 Å². The first-order valence-electron chi connectivity index (χ1n) is 9.60. The predicted molar refractivity (Wildman–Crippen MR) is 114 cm³/mol. The van der Waals surface area contributed by atoms with Crippen molar-refractivity contribution in [2.24, 2.45) is 0 Å². The number of hydrogen-bond donors (Lipinski definition) is 1. The molecule has 2 amide bonds. The van der Waals surface area contributed by atoms with Crippen molar-refractivity contribution in [1.82, 2.24) is 4.90 Å². The van der Waals surface area contributed by atoms with Gasteiger partial charge in [-0.25, -0.2) is 0 Å². The van der Waals surface area contributed by atoms with Crippen LogP contribution in [0.2, 0.25) is 0 Å². The predicted octanol–water partition coefficient (Wildman–Crippen LogP) is 4.30. The smallest absolute Gasteiger partial charge is 0.278 e. The number of benzene rings is 2. The first-order chi connectivity index (χ1) is 14.5. The number of anilines is 1. The molecule has 0 spiro atoms.